The molecule has 10 heavy (non-hydrogen) atoms. The second-order valence-corrected chi connectivity index (χ2v) is 5.83. The molecule has 0 aromatic carbocycles. The average molecular weight is 234 g/mol. The Morgan fingerprint density at radius 2 is 1.50 bits per heavy atom. The second kappa shape index (κ2) is 1.97. The molecule has 0 saturated carbocycles. The summed E-state index contributed by atoms with van der Waals surface area (Å²) in [5, 5.41) is 0. The van der Waals surface area contributed by atoms with Gasteiger partial charge in [0, 0.05) is 0 Å². The molecule has 0 aliphatic rings. The quantitative estimate of drug-likeness (QED) is 0.572. The van der Waals surface area contributed by atoms with Gasteiger partial charge in [0.25, 0.3) is 0 Å². The van der Waals surface area contributed by atoms with Crippen LogP contribution < -0.4 is 0 Å². The molecule has 0 heterocycles. The molecule has 2 N–H and O–H groups in total. The van der Waals surface area contributed by atoms with Gasteiger partial charge in [0.05, 0.1) is 0 Å². The van der Waals surface area contributed by atoms with E-state index < -0.39 is 26.1 Å². The zero-order valence-electron chi connectivity index (χ0n) is 4.16. The predicted octanol–water partition coefficient (Wildman–Crippen LogP) is -1.78. The fourth-order valence-corrected chi connectivity index (χ4v) is 2.44. The molecule has 0 radical (unpaired) electrons. The third kappa shape index (κ3) is 7.94. The SMILES string of the molecule is [O]=[Cr](=[O])([OH])[O][Cr](=[O])(=[O])(=[O])[OH]. The molecule has 0 unspecified atom stereocenters. The van der Waals surface area contributed by atoms with Crippen molar-refractivity contribution in [3.63, 3.8) is 0 Å². The zero-order chi connectivity index (χ0) is 8.65. The fraction of sp³-hybridized carbons (Fsp3) is 0. The molecule has 0 rings (SSSR count). The van der Waals surface area contributed by atoms with Crippen molar-refractivity contribution in [1.82, 2.24) is 0 Å². The molecule has 0 amide bonds. The summed E-state index contributed by atoms with van der Waals surface area (Å²) in [6.07, 6.45) is 0. The predicted molar refractivity (Wildman–Crippen MR) is 8.96 cm³/mol. The minimum atomic E-state index is -7.67. The van der Waals surface area contributed by atoms with E-state index in [0.29, 0.717) is 0 Å². The standard InChI is InChI=1S/2Cr.2H2O.6O/h;;2*1H2;;;;;;/q2*+1;;;;;;;;/p-2. The van der Waals surface area contributed by atoms with E-state index in [1.165, 1.54) is 0 Å². The van der Waals surface area contributed by atoms with Crippen molar-refractivity contribution in [2.75, 3.05) is 0 Å². The van der Waals surface area contributed by atoms with E-state index in [-0.39, 0.29) is 0 Å². The summed E-state index contributed by atoms with van der Waals surface area (Å²) in [5.41, 5.74) is 0. The Hall–Kier alpha value is -0.0551. The third-order valence-corrected chi connectivity index (χ3v) is 3.40. The Balaban J connectivity index is 5.08. The van der Waals surface area contributed by atoms with Gasteiger partial charge in [-0.1, -0.05) is 0 Å². The van der Waals surface area contributed by atoms with Gasteiger partial charge in [-0.2, -0.15) is 0 Å². The minimum absolute atomic E-state index is 2.47. The monoisotopic (exact) mass is 234 g/mol. The van der Waals surface area contributed by atoms with Gasteiger partial charge in [0.1, 0.15) is 0 Å². The first kappa shape index (κ1) is 9.94. The molecule has 0 aliphatic heterocycles. The number of rotatable bonds is 2. The van der Waals surface area contributed by atoms with Gasteiger partial charge >= 0.3 is 56.3 Å². The normalized spacial score (nSPS) is 15.1. The molecular weight excluding hydrogens is 232 g/mol. The van der Waals surface area contributed by atoms with Crippen molar-refractivity contribution in [2.45, 2.75) is 0 Å². The van der Waals surface area contributed by atoms with Crippen LogP contribution in [0.5, 0.6) is 0 Å². The van der Waals surface area contributed by atoms with E-state index in [1.807, 2.05) is 0 Å². The van der Waals surface area contributed by atoms with Crippen LogP contribution in [-0.4, -0.2) is 8.32 Å². The van der Waals surface area contributed by atoms with Crippen molar-refractivity contribution in [2.24, 2.45) is 0 Å². The second-order valence-electron chi connectivity index (χ2n) is 1.20. The Morgan fingerprint density at radius 1 is 1.20 bits per heavy atom. The van der Waals surface area contributed by atoms with E-state index in [2.05, 4.69) is 2.84 Å². The Morgan fingerprint density at radius 3 is 1.50 bits per heavy atom. The van der Waals surface area contributed by atoms with Crippen molar-refractivity contribution in [1.29, 1.82) is 0 Å². The van der Waals surface area contributed by atoms with E-state index >= 15 is 0 Å². The third-order valence-electron chi connectivity index (χ3n) is 0.200. The first-order chi connectivity index (χ1) is 3.96. The summed E-state index contributed by atoms with van der Waals surface area (Å²) in [6.45, 7) is 0. The maximum absolute atomic E-state index is 9.56. The van der Waals surface area contributed by atoms with Crippen LogP contribution in [0.4, 0.5) is 0 Å². The molecular formula is H2Cr2O8. The van der Waals surface area contributed by atoms with Crippen LogP contribution in [0.2, 0.25) is 0 Å². The van der Waals surface area contributed by atoms with Gasteiger partial charge in [0.2, 0.25) is 0 Å². The first-order valence-electron chi connectivity index (χ1n) is 1.53. The summed E-state index contributed by atoms with van der Waals surface area (Å²) < 4.78 is 65.4. The molecule has 0 spiro atoms. The molecule has 0 bridgehead atoms. The molecule has 0 saturated heterocycles. The zero-order valence-corrected chi connectivity index (χ0v) is 6.71. The average Bonchev–Trinajstić information content (AvgIpc) is 1.09. The van der Waals surface area contributed by atoms with Crippen molar-refractivity contribution in [3.8, 4) is 0 Å². The molecule has 0 aromatic heterocycles. The van der Waals surface area contributed by atoms with Crippen LogP contribution in [0.1, 0.15) is 0 Å². The number of hydrogen-bond acceptors (Lipinski definition) is 6. The van der Waals surface area contributed by atoms with Gasteiger partial charge in [-0.15, -0.1) is 0 Å². The van der Waals surface area contributed by atoms with Gasteiger partial charge in [-0.25, -0.2) is 0 Å². The molecule has 0 fully saturated rings. The van der Waals surface area contributed by atoms with E-state index in [9.17, 15) is 19.0 Å². The summed E-state index contributed by atoms with van der Waals surface area (Å²) in [5.74, 6) is 0. The molecule has 0 aliphatic carbocycles. The van der Waals surface area contributed by atoms with Crippen molar-refractivity contribution in [3.05, 3.63) is 0 Å². The topological polar surface area (TPSA) is 135 Å². The van der Waals surface area contributed by atoms with Gasteiger partial charge in [-0.05, 0) is 0 Å². The van der Waals surface area contributed by atoms with E-state index in [4.69, 9.17) is 8.32 Å². The Labute approximate surface area is 56.7 Å². The summed E-state index contributed by atoms with van der Waals surface area (Å²) >= 11 is -13.8. The van der Waals surface area contributed by atoms with E-state index in [1.54, 1.807) is 0 Å². The van der Waals surface area contributed by atoms with Crippen LogP contribution >= 0.6 is 0 Å². The van der Waals surface area contributed by atoms with Crippen LogP contribution in [0, 0.1) is 0 Å². The molecule has 8 nitrogen and oxygen atoms in total. The summed E-state index contributed by atoms with van der Waals surface area (Å²) in [6, 6.07) is 0. The fourth-order valence-electron chi connectivity index (χ4n) is 0.144. The van der Waals surface area contributed by atoms with E-state index in [0.717, 1.165) is 0 Å². The summed E-state index contributed by atoms with van der Waals surface area (Å²) in [4.78, 5) is 0. The van der Waals surface area contributed by atoms with Crippen LogP contribution in [0.3, 0.4) is 0 Å². The van der Waals surface area contributed by atoms with Crippen LogP contribution in [0.15, 0.2) is 0 Å². The Kier molecular flexibility index (Phi) is 1.96. The van der Waals surface area contributed by atoms with Gasteiger partial charge in [0.15, 0.2) is 0 Å². The van der Waals surface area contributed by atoms with Crippen LogP contribution in [-0.2, 0) is 47.9 Å². The first-order valence-corrected chi connectivity index (χ1v) is 6.32. The van der Waals surface area contributed by atoms with Gasteiger partial charge < -0.3 is 0 Å². The van der Waals surface area contributed by atoms with Gasteiger partial charge in [-0.3, -0.25) is 0 Å². The van der Waals surface area contributed by atoms with Crippen LogP contribution in [0.25, 0.3) is 0 Å². The molecule has 62 valence electrons. The Bertz CT molecular complexity index is 383. The van der Waals surface area contributed by atoms with Crippen molar-refractivity contribution < 1.29 is 56.3 Å². The number of hydrogen-bond donors (Lipinski definition) is 2. The maximum atomic E-state index is 9.56. The van der Waals surface area contributed by atoms with Crippen molar-refractivity contribution >= 4 is 0 Å². The molecule has 10 heteroatoms. The summed E-state index contributed by atoms with van der Waals surface area (Å²) in [7, 11) is 0. The molecule has 0 aromatic rings. The molecule has 0 atom stereocenters.